The first-order valence-electron chi connectivity index (χ1n) is 9.39. The quantitative estimate of drug-likeness (QED) is 0.686. The predicted octanol–water partition coefficient (Wildman–Crippen LogP) is 4.14. The van der Waals surface area contributed by atoms with E-state index in [0.717, 1.165) is 28.6 Å². The number of halogens is 2. The predicted molar refractivity (Wildman–Crippen MR) is 114 cm³/mol. The molecule has 1 fully saturated rings. The Morgan fingerprint density at radius 1 is 1.17 bits per heavy atom. The maximum atomic E-state index is 13.0. The number of rotatable bonds is 4. The minimum Gasteiger partial charge on any atom is -0.493 e. The number of carbonyl (C=O) groups excluding carboxylic acids is 1. The van der Waals surface area contributed by atoms with Gasteiger partial charge in [-0.1, -0.05) is 27.5 Å². The lowest BCUT2D eigenvalue weighted by molar-refractivity contribution is 0.0924. The number of ether oxygens (including phenoxy) is 1. The number of fused-ring (bicyclic) bond motifs is 1. The van der Waals surface area contributed by atoms with Crippen molar-refractivity contribution in [2.45, 2.75) is 30.2 Å². The Kier molecular flexibility index (Phi) is 5.88. The van der Waals surface area contributed by atoms with Gasteiger partial charge in [-0.3, -0.25) is 4.79 Å². The number of sulfonamides is 1. The average Bonchev–Trinajstić information content (AvgIpc) is 3.24. The molecule has 0 aliphatic carbocycles. The highest BCUT2D eigenvalue weighted by molar-refractivity contribution is 9.10. The van der Waals surface area contributed by atoms with E-state index >= 15 is 0 Å². The minimum atomic E-state index is -3.63. The molecule has 0 saturated carbocycles. The Balaban J connectivity index is 1.61. The zero-order chi connectivity index (χ0) is 20.6. The van der Waals surface area contributed by atoms with Gasteiger partial charge in [0, 0.05) is 29.5 Å². The van der Waals surface area contributed by atoms with Crippen molar-refractivity contribution in [3.63, 3.8) is 0 Å². The van der Waals surface area contributed by atoms with Crippen LogP contribution >= 0.6 is 27.5 Å². The summed E-state index contributed by atoms with van der Waals surface area (Å²) in [5.74, 6) is 0.313. The van der Waals surface area contributed by atoms with E-state index in [1.54, 1.807) is 0 Å². The maximum Gasteiger partial charge on any atom is 0.253 e. The van der Waals surface area contributed by atoms with Gasteiger partial charge >= 0.3 is 0 Å². The van der Waals surface area contributed by atoms with Gasteiger partial charge in [-0.25, -0.2) is 8.42 Å². The summed E-state index contributed by atoms with van der Waals surface area (Å²) in [5.41, 5.74) is 1.02. The van der Waals surface area contributed by atoms with E-state index < -0.39 is 15.9 Å². The summed E-state index contributed by atoms with van der Waals surface area (Å²) in [5, 5.41) is 3.19. The van der Waals surface area contributed by atoms with Crippen molar-refractivity contribution in [1.82, 2.24) is 9.62 Å². The van der Waals surface area contributed by atoms with Gasteiger partial charge in [0.1, 0.15) is 5.75 Å². The van der Waals surface area contributed by atoms with E-state index in [2.05, 4.69) is 21.2 Å². The molecule has 0 bridgehead atoms. The molecule has 4 rings (SSSR count). The molecule has 29 heavy (non-hydrogen) atoms. The van der Waals surface area contributed by atoms with E-state index in [1.807, 2.05) is 18.2 Å². The van der Waals surface area contributed by atoms with Gasteiger partial charge in [0.15, 0.2) is 0 Å². The molecule has 154 valence electrons. The fraction of sp³-hybridized carbons (Fsp3) is 0.350. The van der Waals surface area contributed by atoms with Gasteiger partial charge in [-0.05, 0) is 49.2 Å². The van der Waals surface area contributed by atoms with Crippen LogP contribution in [0.15, 0.2) is 45.8 Å². The Morgan fingerprint density at radius 3 is 2.69 bits per heavy atom. The molecule has 2 heterocycles. The molecule has 0 spiro atoms. The number of carbonyl (C=O) groups is 1. The Labute approximate surface area is 183 Å². The first kappa shape index (κ1) is 20.7. The van der Waals surface area contributed by atoms with Gasteiger partial charge in [0.05, 0.1) is 28.1 Å². The largest absolute Gasteiger partial charge is 0.493 e. The molecule has 2 aromatic carbocycles. The fourth-order valence-corrected chi connectivity index (χ4v) is 5.79. The van der Waals surface area contributed by atoms with E-state index in [0.29, 0.717) is 26.1 Å². The first-order chi connectivity index (χ1) is 13.9. The summed E-state index contributed by atoms with van der Waals surface area (Å²) in [6, 6.07) is 9.68. The average molecular weight is 500 g/mol. The van der Waals surface area contributed by atoms with E-state index in [9.17, 15) is 13.2 Å². The molecular weight excluding hydrogens is 480 g/mol. The maximum absolute atomic E-state index is 13.0. The van der Waals surface area contributed by atoms with E-state index in [-0.39, 0.29) is 21.5 Å². The number of hydrogen-bond acceptors (Lipinski definition) is 4. The monoisotopic (exact) mass is 498 g/mol. The number of nitrogens with one attached hydrogen (secondary N) is 1. The number of amides is 1. The smallest absolute Gasteiger partial charge is 0.253 e. The van der Waals surface area contributed by atoms with Crippen molar-refractivity contribution in [2.24, 2.45) is 0 Å². The lowest BCUT2D eigenvalue weighted by atomic mass is 10.00. The highest BCUT2D eigenvalue weighted by Crippen LogP contribution is 2.34. The van der Waals surface area contributed by atoms with Crippen molar-refractivity contribution in [1.29, 1.82) is 0 Å². The third-order valence-electron chi connectivity index (χ3n) is 5.20. The molecule has 1 N–H and O–H groups in total. The zero-order valence-electron chi connectivity index (χ0n) is 15.5. The van der Waals surface area contributed by atoms with Crippen LogP contribution < -0.4 is 10.1 Å². The third kappa shape index (κ3) is 4.17. The number of hydrogen-bond donors (Lipinski definition) is 1. The van der Waals surface area contributed by atoms with E-state index in [4.69, 9.17) is 16.3 Å². The van der Waals surface area contributed by atoms with Crippen LogP contribution in [0.2, 0.25) is 5.02 Å². The highest BCUT2D eigenvalue weighted by atomic mass is 79.9. The first-order valence-corrected chi connectivity index (χ1v) is 12.0. The molecule has 2 aliphatic heterocycles. The second-order valence-corrected chi connectivity index (χ2v) is 10.4. The van der Waals surface area contributed by atoms with Gasteiger partial charge in [-0.2, -0.15) is 4.31 Å². The zero-order valence-corrected chi connectivity index (χ0v) is 18.7. The minimum absolute atomic E-state index is 0.0871. The molecule has 1 atom stereocenters. The normalized spacial score (nSPS) is 19.4. The second-order valence-electron chi connectivity index (χ2n) is 7.10. The standard InChI is InChI=1S/C20H20BrClN2O4S/c21-13-3-6-19-16(11-13)18(7-10-28-19)23-20(25)15-12-14(4-5-17(15)22)29(26,27)24-8-1-2-9-24/h3-6,11-12,18H,1-2,7-10H2,(H,23,25). The molecule has 1 unspecified atom stereocenters. The van der Waals surface area contributed by atoms with Crippen molar-refractivity contribution in [3.8, 4) is 5.75 Å². The summed E-state index contributed by atoms with van der Waals surface area (Å²) in [6.45, 7) is 1.48. The van der Waals surface area contributed by atoms with Gasteiger partial charge in [-0.15, -0.1) is 0 Å². The Morgan fingerprint density at radius 2 is 1.93 bits per heavy atom. The molecule has 6 nitrogen and oxygen atoms in total. The Bertz CT molecular complexity index is 1050. The van der Waals surface area contributed by atoms with Crippen molar-refractivity contribution in [3.05, 3.63) is 57.0 Å². The lowest BCUT2D eigenvalue weighted by Gasteiger charge is -2.27. The molecule has 1 saturated heterocycles. The molecule has 1 amide bonds. The molecule has 2 aromatic rings. The molecule has 9 heteroatoms. The van der Waals surface area contributed by atoms with Gasteiger partial charge in [0.25, 0.3) is 5.91 Å². The lowest BCUT2D eigenvalue weighted by Crippen LogP contribution is -2.33. The van der Waals surface area contributed by atoms with Gasteiger partial charge < -0.3 is 10.1 Å². The SMILES string of the molecule is O=C(NC1CCOc2ccc(Br)cc21)c1cc(S(=O)(=O)N2CCCC2)ccc1Cl. The molecule has 2 aliphatic rings. The van der Waals surface area contributed by atoms with Crippen LogP contribution in [0.4, 0.5) is 0 Å². The summed E-state index contributed by atoms with van der Waals surface area (Å²) in [6.07, 6.45) is 2.30. The van der Waals surface area contributed by atoms with Crippen LogP contribution in [0.25, 0.3) is 0 Å². The van der Waals surface area contributed by atoms with Crippen molar-refractivity contribution >= 4 is 43.5 Å². The third-order valence-corrected chi connectivity index (χ3v) is 7.92. The number of benzene rings is 2. The fourth-order valence-electron chi connectivity index (χ4n) is 3.67. The van der Waals surface area contributed by atoms with Crippen molar-refractivity contribution in [2.75, 3.05) is 19.7 Å². The van der Waals surface area contributed by atoms with Crippen LogP contribution in [0.1, 0.15) is 41.2 Å². The number of nitrogens with zero attached hydrogens (tertiary/aromatic N) is 1. The van der Waals surface area contributed by atoms with Crippen LogP contribution in [0.3, 0.4) is 0 Å². The molecule has 0 aromatic heterocycles. The second kappa shape index (κ2) is 8.26. The molecule has 0 radical (unpaired) electrons. The highest BCUT2D eigenvalue weighted by Gasteiger charge is 2.29. The summed E-state index contributed by atoms with van der Waals surface area (Å²) >= 11 is 9.69. The van der Waals surface area contributed by atoms with E-state index in [1.165, 1.54) is 22.5 Å². The van der Waals surface area contributed by atoms with Gasteiger partial charge in [0.2, 0.25) is 10.0 Å². The van der Waals surface area contributed by atoms with Crippen LogP contribution in [-0.4, -0.2) is 38.3 Å². The summed E-state index contributed by atoms with van der Waals surface area (Å²) in [4.78, 5) is 13.1. The topological polar surface area (TPSA) is 75.7 Å². The van der Waals surface area contributed by atoms with Crippen molar-refractivity contribution < 1.29 is 17.9 Å². The van der Waals surface area contributed by atoms with Crippen LogP contribution in [0.5, 0.6) is 5.75 Å². The van der Waals surface area contributed by atoms with Crippen LogP contribution in [0, 0.1) is 0 Å². The molecular formula is C20H20BrClN2O4S. The summed E-state index contributed by atoms with van der Waals surface area (Å²) < 4.78 is 33.7. The van der Waals surface area contributed by atoms with Crippen LogP contribution in [-0.2, 0) is 10.0 Å². The Hall–Kier alpha value is -1.61. The summed E-state index contributed by atoms with van der Waals surface area (Å²) in [7, 11) is -3.63.